The van der Waals surface area contributed by atoms with Crippen molar-refractivity contribution in [1.29, 1.82) is 0 Å². The molecular weight excluding hydrogens is 749 g/mol. The lowest BCUT2D eigenvalue weighted by atomic mass is 9.93. The van der Waals surface area contributed by atoms with Crippen LogP contribution in [0.25, 0.3) is 77.6 Å². The summed E-state index contributed by atoms with van der Waals surface area (Å²) in [7, 11) is 0. The molecule has 9 aromatic carbocycles. The predicted octanol–water partition coefficient (Wildman–Crippen LogP) is 16.7. The number of nitrogens with zero attached hydrogens (tertiary/aromatic N) is 2. The van der Waals surface area contributed by atoms with Crippen LogP contribution in [-0.2, 0) is 0 Å². The number of benzene rings is 9. The van der Waals surface area contributed by atoms with E-state index in [4.69, 9.17) is 0 Å². The van der Waals surface area contributed by atoms with Crippen molar-refractivity contribution in [2.75, 3.05) is 4.90 Å². The highest BCUT2D eigenvalue weighted by Gasteiger charge is 2.22. The van der Waals surface area contributed by atoms with Crippen molar-refractivity contribution in [2.45, 2.75) is 12.8 Å². The Morgan fingerprint density at radius 1 is 0.387 bits per heavy atom. The lowest BCUT2D eigenvalue weighted by Gasteiger charge is -2.28. The molecule has 0 unspecified atom stereocenters. The molecule has 2 nitrogen and oxygen atoms in total. The maximum absolute atomic E-state index is 2.48. The zero-order valence-electron chi connectivity index (χ0n) is 34.4. The van der Waals surface area contributed by atoms with E-state index in [0.717, 1.165) is 41.2 Å². The van der Waals surface area contributed by atoms with Gasteiger partial charge in [0, 0.05) is 33.4 Å². The van der Waals surface area contributed by atoms with Gasteiger partial charge in [0.15, 0.2) is 0 Å². The third-order valence-electron chi connectivity index (χ3n) is 12.3. The molecule has 0 spiro atoms. The monoisotopic (exact) mass is 792 g/mol. The van der Waals surface area contributed by atoms with Crippen molar-refractivity contribution in [3.8, 4) is 50.2 Å². The van der Waals surface area contributed by atoms with Gasteiger partial charge in [-0.1, -0.05) is 182 Å². The Hall–Kier alpha value is -7.94. The number of allylic oxidation sites excluding steroid dienone is 4. The average molecular weight is 793 g/mol. The van der Waals surface area contributed by atoms with Gasteiger partial charge in [-0.05, 0) is 124 Å². The van der Waals surface area contributed by atoms with Gasteiger partial charge in [0.1, 0.15) is 0 Å². The van der Waals surface area contributed by atoms with E-state index in [1.165, 1.54) is 71.9 Å². The molecule has 62 heavy (non-hydrogen) atoms. The Bertz CT molecular complexity index is 3250. The molecule has 0 aliphatic heterocycles. The van der Waals surface area contributed by atoms with Crippen LogP contribution in [0.3, 0.4) is 0 Å². The van der Waals surface area contributed by atoms with Crippen LogP contribution in [0.2, 0.25) is 0 Å². The van der Waals surface area contributed by atoms with Crippen LogP contribution in [0.4, 0.5) is 17.1 Å². The Kier molecular flexibility index (Phi) is 9.72. The number of rotatable bonds is 9. The molecule has 0 N–H and O–H groups in total. The van der Waals surface area contributed by atoms with E-state index >= 15 is 0 Å². The van der Waals surface area contributed by atoms with Gasteiger partial charge in [-0.2, -0.15) is 0 Å². The molecule has 294 valence electrons. The first-order valence-electron chi connectivity index (χ1n) is 21.6. The van der Waals surface area contributed by atoms with E-state index in [1.807, 2.05) is 0 Å². The highest BCUT2D eigenvalue weighted by molar-refractivity contribution is 6.17. The predicted molar refractivity (Wildman–Crippen MR) is 264 cm³/mol. The normalized spacial score (nSPS) is 12.4. The van der Waals surface area contributed by atoms with Crippen molar-refractivity contribution in [1.82, 2.24) is 4.57 Å². The van der Waals surface area contributed by atoms with Crippen molar-refractivity contribution in [2.24, 2.45) is 0 Å². The first kappa shape index (κ1) is 37.1. The summed E-state index contributed by atoms with van der Waals surface area (Å²) >= 11 is 0. The van der Waals surface area contributed by atoms with Crippen LogP contribution in [0.1, 0.15) is 18.4 Å². The minimum absolute atomic E-state index is 1.04. The van der Waals surface area contributed by atoms with Gasteiger partial charge in [-0.25, -0.2) is 0 Å². The Morgan fingerprint density at radius 3 is 1.69 bits per heavy atom. The number of anilines is 3. The highest BCUT2D eigenvalue weighted by Crippen LogP contribution is 2.46. The molecule has 0 saturated heterocycles. The summed E-state index contributed by atoms with van der Waals surface area (Å²) in [5.74, 6) is 0. The van der Waals surface area contributed by atoms with Crippen LogP contribution in [-0.4, -0.2) is 4.57 Å². The standard InChI is InChI=1S/C60H44N2/c1-6-19-43(20-7-1)46-33-36-52(37-34-46)61(57-32-17-16-31-54(57)47-25-12-4-13-26-47)53-30-18-27-49(39-53)56-40-50(45-23-10-3-11-24-45)42-59-60(56)55-38-35-48(44-21-8-2-9-22-44)41-58(55)62(59)51-28-14-5-15-29-51/h1-8,10-21,23-42H,9,22H2. The Morgan fingerprint density at radius 2 is 0.984 bits per heavy atom. The second-order valence-electron chi connectivity index (χ2n) is 16.0. The minimum atomic E-state index is 1.04. The van der Waals surface area contributed by atoms with E-state index < -0.39 is 0 Å². The summed E-state index contributed by atoms with van der Waals surface area (Å²) in [6, 6.07) is 81.8. The molecule has 0 saturated carbocycles. The number of aromatic nitrogens is 1. The molecule has 2 heteroatoms. The third-order valence-corrected chi connectivity index (χ3v) is 12.3. The molecule has 0 radical (unpaired) electrons. The molecular formula is C60H44N2. The molecule has 1 heterocycles. The molecule has 1 aliphatic rings. The van der Waals surface area contributed by atoms with Crippen LogP contribution >= 0.6 is 0 Å². The summed E-state index contributed by atoms with van der Waals surface area (Å²) < 4.78 is 2.48. The largest absolute Gasteiger partial charge is 0.310 e. The van der Waals surface area contributed by atoms with Gasteiger partial charge < -0.3 is 9.47 Å². The fourth-order valence-electron chi connectivity index (χ4n) is 9.27. The van der Waals surface area contributed by atoms with E-state index in [0.29, 0.717) is 0 Å². The van der Waals surface area contributed by atoms with Crippen LogP contribution in [0, 0.1) is 0 Å². The molecule has 0 fully saturated rings. The molecule has 1 aliphatic carbocycles. The summed E-state index contributed by atoms with van der Waals surface area (Å²) in [6.07, 6.45) is 8.85. The number of fused-ring (bicyclic) bond motifs is 3. The SMILES string of the molecule is C1=CCCC(c2ccc3c4c(-c5cccc(N(c6ccc(-c7ccccc7)cc6)c6ccccc6-c6ccccc6)c5)cc(-c5ccccc5)cc4n(-c4ccccc4)c3c2)=C1. The first-order valence-corrected chi connectivity index (χ1v) is 21.6. The maximum atomic E-state index is 2.48. The van der Waals surface area contributed by atoms with Crippen molar-refractivity contribution >= 4 is 44.4 Å². The van der Waals surface area contributed by atoms with E-state index in [-0.39, 0.29) is 0 Å². The highest BCUT2D eigenvalue weighted by atomic mass is 15.1. The molecule has 0 atom stereocenters. The van der Waals surface area contributed by atoms with Gasteiger partial charge in [0.05, 0.1) is 16.7 Å². The lowest BCUT2D eigenvalue weighted by Crippen LogP contribution is -2.11. The fourth-order valence-corrected chi connectivity index (χ4v) is 9.27. The van der Waals surface area contributed by atoms with E-state index in [9.17, 15) is 0 Å². The topological polar surface area (TPSA) is 8.17 Å². The van der Waals surface area contributed by atoms with Crippen molar-refractivity contribution in [3.05, 3.63) is 248 Å². The molecule has 1 aromatic heterocycles. The summed E-state index contributed by atoms with van der Waals surface area (Å²) in [4.78, 5) is 2.42. The number of para-hydroxylation sites is 2. The molecule has 0 amide bonds. The quantitative estimate of drug-likeness (QED) is 0.141. The van der Waals surface area contributed by atoms with E-state index in [2.05, 4.69) is 252 Å². The zero-order valence-corrected chi connectivity index (χ0v) is 34.4. The first-order chi connectivity index (χ1) is 30.8. The smallest absolute Gasteiger partial charge is 0.0553 e. The molecule has 0 bridgehead atoms. The van der Waals surface area contributed by atoms with Gasteiger partial charge in [0.2, 0.25) is 0 Å². The second-order valence-corrected chi connectivity index (χ2v) is 16.0. The fraction of sp³-hybridized carbons (Fsp3) is 0.0333. The van der Waals surface area contributed by atoms with Gasteiger partial charge in [0.25, 0.3) is 0 Å². The summed E-state index contributed by atoms with van der Waals surface area (Å²) in [6.45, 7) is 0. The van der Waals surface area contributed by atoms with Gasteiger partial charge in [-0.15, -0.1) is 0 Å². The summed E-state index contributed by atoms with van der Waals surface area (Å²) in [5, 5.41) is 2.48. The van der Waals surface area contributed by atoms with Crippen LogP contribution < -0.4 is 4.90 Å². The van der Waals surface area contributed by atoms with Crippen molar-refractivity contribution in [3.63, 3.8) is 0 Å². The minimum Gasteiger partial charge on any atom is -0.310 e. The second kappa shape index (κ2) is 16.3. The third kappa shape index (κ3) is 6.92. The van der Waals surface area contributed by atoms with Crippen LogP contribution in [0.5, 0.6) is 0 Å². The average Bonchev–Trinajstić information content (AvgIpc) is 3.69. The number of hydrogen-bond acceptors (Lipinski definition) is 1. The lowest BCUT2D eigenvalue weighted by molar-refractivity contribution is 1.05. The molecule has 10 aromatic rings. The van der Waals surface area contributed by atoms with Gasteiger partial charge >= 0.3 is 0 Å². The zero-order chi connectivity index (χ0) is 41.2. The van der Waals surface area contributed by atoms with Crippen molar-refractivity contribution < 1.29 is 0 Å². The Labute approximate surface area is 363 Å². The Balaban J connectivity index is 1.16. The maximum Gasteiger partial charge on any atom is 0.0553 e. The molecule has 11 rings (SSSR count). The van der Waals surface area contributed by atoms with E-state index in [1.54, 1.807) is 0 Å². The summed E-state index contributed by atoms with van der Waals surface area (Å²) in [5.41, 5.74) is 19.0. The number of hydrogen-bond donors (Lipinski definition) is 0. The van der Waals surface area contributed by atoms with Gasteiger partial charge in [-0.3, -0.25) is 0 Å². The van der Waals surface area contributed by atoms with Crippen LogP contribution in [0.15, 0.2) is 243 Å².